The van der Waals surface area contributed by atoms with Gasteiger partial charge in [0.05, 0.1) is 0 Å². The molecular formula is C55H100O6. The van der Waals surface area contributed by atoms with Crippen molar-refractivity contribution >= 4 is 17.9 Å². The summed E-state index contributed by atoms with van der Waals surface area (Å²) < 4.78 is 16.8. The maximum absolute atomic E-state index is 12.8. The second-order valence-electron chi connectivity index (χ2n) is 17.8. The predicted molar refractivity (Wildman–Crippen MR) is 261 cm³/mol. The zero-order valence-corrected chi connectivity index (χ0v) is 40.7. The highest BCUT2D eigenvalue weighted by Crippen LogP contribution is 2.15. The monoisotopic (exact) mass is 857 g/mol. The van der Waals surface area contributed by atoms with Gasteiger partial charge in [0.15, 0.2) is 6.10 Å². The van der Waals surface area contributed by atoms with Crippen LogP contribution in [-0.4, -0.2) is 37.2 Å². The Balaban J connectivity index is 4.38. The van der Waals surface area contributed by atoms with E-state index in [1.165, 1.54) is 154 Å². The van der Waals surface area contributed by atoms with Gasteiger partial charge in [0.1, 0.15) is 13.2 Å². The van der Waals surface area contributed by atoms with Gasteiger partial charge in [0.25, 0.3) is 0 Å². The van der Waals surface area contributed by atoms with Crippen LogP contribution in [-0.2, 0) is 28.6 Å². The molecule has 6 heteroatoms. The lowest BCUT2D eigenvalue weighted by molar-refractivity contribution is -0.167. The molecule has 0 rings (SSSR count). The minimum Gasteiger partial charge on any atom is -0.462 e. The fraction of sp³-hybridized carbons (Fsp3) is 0.836. The minimum atomic E-state index is -0.778. The highest BCUT2D eigenvalue weighted by Gasteiger charge is 2.19. The highest BCUT2D eigenvalue weighted by atomic mass is 16.6. The number of carbonyl (C=O) groups excluding carboxylic acids is 3. The van der Waals surface area contributed by atoms with E-state index in [2.05, 4.69) is 57.2 Å². The van der Waals surface area contributed by atoms with E-state index in [1.54, 1.807) is 0 Å². The van der Waals surface area contributed by atoms with Crippen molar-refractivity contribution in [1.82, 2.24) is 0 Å². The number of allylic oxidation sites excluding steroid dienone is 6. The molecule has 0 heterocycles. The van der Waals surface area contributed by atoms with Crippen LogP contribution in [0, 0.1) is 0 Å². The first-order valence-corrected chi connectivity index (χ1v) is 26.5. The lowest BCUT2D eigenvalue weighted by Gasteiger charge is -2.18. The molecule has 6 nitrogen and oxygen atoms in total. The van der Waals surface area contributed by atoms with Crippen LogP contribution in [0.2, 0.25) is 0 Å². The lowest BCUT2D eigenvalue weighted by atomic mass is 10.0. The molecule has 0 saturated heterocycles. The number of hydrogen-bond donors (Lipinski definition) is 0. The number of rotatable bonds is 48. The van der Waals surface area contributed by atoms with Gasteiger partial charge in [-0.05, 0) is 77.0 Å². The second kappa shape index (κ2) is 50.3. The third kappa shape index (κ3) is 48.5. The summed E-state index contributed by atoms with van der Waals surface area (Å²) in [6.45, 7) is 6.61. The zero-order chi connectivity index (χ0) is 44.4. The summed E-state index contributed by atoms with van der Waals surface area (Å²) in [5.41, 5.74) is 0. The third-order valence-corrected chi connectivity index (χ3v) is 11.6. The van der Waals surface area contributed by atoms with E-state index in [9.17, 15) is 14.4 Å². The van der Waals surface area contributed by atoms with Gasteiger partial charge in [-0.2, -0.15) is 0 Å². The first kappa shape index (κ1) is 58.6. The summed E-state index contributed by atoms with van der Waals surface area (Å²) in [5, 5.41) is 0. The van der Waals surface area contributed by atoms with Crippen molar-refractivity contribution in [2.24, 2.45) is 0 Å². The third-order valence-electron chi connectivity index (χ3n) is 11.6. The topological polar surface area (TPSA) is 78.9 Å². The van der Waals surface area contributed by atoms with E-state index in [1.807, 2.05) is 0 Å². The van der Waals surface area contributed by atoms with Gasteiger partial charge in [-0.1, -0.05) is 218 Å². The predicted octanol–water partition coefficient (Wildman–Crippen LogP) is 17.3. The Hall–Kier alpha value is -2.37. The van der Waals surface area contributed by atoms with Crippen molar-refractivity contribution in [1.29, 1.82) is 0 Å². The Bertz CT molecular complexity index is 1030. The van der Waals surface area contributed by atoms with Crippen LogP contribution >= 0.6 is 0 Å². The number of ether oxygens (including phenoxy) is 3. The van der Waals surface area contributed by atoms with Crippen LogP contribution in [0.25, 0.3) is 0 Å². The second-order valence-corrected chi connectivity index (χ2v) is 17.8. The Morgan fingerprint density at radius 3 is 0.934 bits per heavy atom. The van der Waals surface area contributed by atoms with Gasteiger partial charge < -0.3 is 14.2 Å². The van der Waals surface area contributed by atoms with Gasteiger partial charge in [-0.15, -0.1) is 0 Å². The molecule has 0 amide bonds. The molecule has 0 saturated carbocycles. The van der Waals surface area contributed by atoms with E-state index < -0.39 is 6.10 Å². The van der Waals surface area contributed by atoms with Crippen molar-refractivity contribution in [2.75, 3.05) is 13.2 Å². The lowest BCUT2D eigenvalue weighted by Crippen LogP contribution is -2.30. The molecule has 0 aromatic carbocycles. The maximum atomic E-state index is 12.8. The summed E-state index contributed by atoms with van der Waals surface area (Å²) in [4.78, 5) is 38.0. The van der Waals surface area contributed by atoms with E-state index in [0.29, 0.717) is 19.3 Å². The highest BCUT2D eigenvalue weighted by molar-refractivity contribution is 5.71. The summed E-state index contributed by atoms with van der Waals surface area (Å²) in [6.07, 6.45) is 58.3. The molecule has 0 radical (unpaired) electrons. The maximum Gasteiger partial charge on any atom is 0.306 e. The quantitative estimate of drug-likeness (QED) is 0.0262. The van der Waals surface area contributed by atoms with Crippen LogP contribution in [0.3, 0.4) is 0 Å². The van der Waals surface area contributed by atoms with Crippen LogP contribution in [0.1, 0.15) is 278 Å². The first-order chi connectivity index (χ1) is 30.0. The fourth-order valence-corrected chi connectivity index (χ4v) is 7.59. The van der Waals surface area contributed by atoms with Crippen molar-refractivity contribution in [2.45, 2.75) is 284 Å². The van der Waals surface area contributed by atoms with Crippen molar-refractivity contribution in [3.63, 3.8) is 0 Å². The molecule has 0 aliphatic rings. The van der Waals surface area contributed by atoms with Crippen LogP contribution in [0.4, 0.5) is 0 Å². The zero-order valence-electron chi connectivity index (χ0n) is 40.7. The van der Waals surface area contributed by atoms with Crippen molar-refractivity contribution in [3.8, 4) is 0 Å². The first-order valence-electron chi connectivity index (χ1n) is 26.5. The van der Waals surface area contributed by atoms with Gasteiger partial charge >= 0.3 is 17.9 Å². The summed E-state index contributed by atoms with van der Waals surface area (Å²) in [7, 11) is 0. The van der Waals surface area contributed by atoms with Crippen LogP contribution in [0.5, 0.6) is 0 Å². The standard InChI is InChI=1S/C55H100O6/c1-4-7-10-13-16-19-22-25-27-29-30-33-36-39-42-45-48-54(57)60-51-52(50-59-53(56)47-44-41-38-35-32-24-21-18-15-12-9-6-3)61-55(58)49-46-43-40-37-34-31-28-26-23-20-17-14-11-8-5-2/h19,22,26-29,52H,4-18,20-21,23-25,30-51H2,1-3H3/b22-19-,28-26-,29-27-. The average Bonchev–Trinajstić information content (AvgIpc) is 3.26. The number of esters is 3. The Kier molecular flexibility index (Phi) is 48.3. The smallest absolute Gasteiger partial charge is 0.306 e. The molecule has 0 aliphatic carbocycles. The van der Waals surface area contributed by atoms with E-state index in [0.717, 1.165) is 83.5 Å². The van der Waals surface area contributed by atoms with Crippen molar-refractivity contribution < 1.29 is 28.6 Å². The fourth-order valence-electron chi connectivity index (χ4n) is 7.59. The van der Waals surface area contributed by atoms with Crippen LogP contribution in [0.15, 0.2) is 36.5 Å². The molecule has 0 aromatic heterocycles. The Labute approximate surface area is 378 Å². The molecule has 61 heavy (non-hydrogen) atoms. The molecule has 0 N–H and O–H groups in total. The van der Waals surface area contributed by atoms with Gasteiger partial charge in [0, 0.05) is 19.3 Å². The molecule has 0 bridgehead atoms. The van der Waals surface area contributed by atoms with E-state index in [-0.39, 0.29) is 31.1 Å². The number of unbranched alkanes of at least 4 members (excludes halogenated alkanes) is 31. The van der Waals surface area contributed by atoms with Crippen LogP contribution < -0.4 is 0 Å². The Morgan fingerprint density at radius 1 is 0.328 bits per heavy atom. The molecule has 1 atom stereocenters. The molecular weight excluding hydrogens is 757 g/mol. The van der Waals surface area contributed by atoms with Gasteiger partial charge in [-0.25, -0.2) is 0 Å². The number of carbonyl (C=O) groups is 3. The van der Waals surface area contributed by atoms with Gasteiger partial charge in [-0.3, -0.25) is 14.4 Å². The SMILES string of the molecule is CCCCCC/C=C\C/C=C\CCCCCCCC(=O)OCC(COC(=O)CCCCCCCCCCCCCC)OC(=O)CCCCCCC/C=C\CCCCCCCC. The molecule has 0 aromatic rings. The average molecular weight is 857 g/mol. The molecule has 0 fully saturated rings. The normalized spacial score (nSPS) is 12.2. The largest absolute Gasteiger partial charge is 0.462 e. The Morgan fingerprint density at radius 2 is 0.590 bits per heavy atom. The molecule has 0 aliphatic heterocycles. The summed E-state index contributed by atoms with van der Waals surface area (Å²) >= 11 is 0. The van der Waals surface area contributed by atoms with Crippen molar-refractivity contribution in [3.05, 3.63) is 36.5 Å². The number of hydrogen-bond acceptors (Lipinski definition) is 6. The van der Waals surface area contributed by atoms with E-state index >= 15 is 0 Å². The van der Waals surface area contributed by atoms with E-state index in [4.69, 9.17) is 14.2 Å². The molecule has 0 spiro atoms. The molecule has 1 unspecified atom stereocenters. The van der Waals surface area contributed by atoms with Gasteiger partial charge in [0.2, 0.25) is 0 Å². The minimum absolute atomic E-state index is 0.0771. The molecule has 356 valence electrons. The summed E-state index contributed by atoms with van der Waals surface area (Å²) in [6, 6.07) is 0. The summed E-state index contributed by atoms with van der Waals surface area (Å²) in [5.74, 6) is -0.889.